The molecule has 0 amide bonds. The molecule has 2 rings (SSSR count). The molecule has 182 valence electrons. The van der Waals surface area contributed by atoms with Crippen LogP contribution >= 0.6 is 0 Å². The Labute approximate surface area is 186 Å². The summed E-state index contributed by atoms with van der Waals surface area (Å²) >= 11 is 0. The predicted molar refractivity (Wildman–Crippen MR) is 119 cm³/mol. The van der Waals surface area contributed by atoms with E-state index < -0.39 is 20.8 Å². The third kappa shape index (κ3) is 15.2. The molecular weight excluding hydrogens is 470 g/mol. The average Bonchev–Trinajstić information content (AvgIpc) is 2.63. The summed E-state index contributed by atoms with van der Waals surface area (Å²) in [7, 11) is -9.14. The molecule has 32 heavy (non-hydrogen) atoms. The third-order valence-corrected chi connectivity index (χ3v) is 3.80. The highest BCUT2D eigenvalue weighted by Crippen LogP contribution is 2.21. The first-order valence-electron chi connectivity index (χ1n) is 8.71. The second-order valence-corrected chi connectivity index (χ2v) is 7.93. The molecule has 0 aliphatic heterocycles. The lowest BCUT2D eigenvalue weighted by Gasteiger charge is -2.22. The van der Waals surface area contributed by atoms with Gasteiger partial charge in [0.25, 0.3) is 0 Å². The van der Waals surface area contributed by atoms with E-state index in [-0.39, 0.29) is 19.0 Å². The van der Waals surface area contributed by atoms with Gasteiger partial charge in [-0.15, -0.1) is 0 Å². The van der Waals surface area contributed by atoms with Crippen LogP contribution in [-0.4, -0.2) is 67.0 Å². The molecule has 15 heteroatoms. The van der Waals surface area contributed by atoms with E-state index in [1.807, 2.05) is 17.0 Å². The van der Waals surface area contributed by atoms with Crippen LogP contribution < -0.4 is 20.6 Å². The fraction of sp³-hybridized carbons (Fsp3) is 0.294. The van der Waals surface area contributed by atoms with Gasteiger partial charge in [0.15, 0.2) is 0 Å². The molecule has 2 aromatic rings. The van der Waals surface area contributed by atoms with Gasteiger partial charge < -0.3 is 30.8 Å². The number of anilines is 3. The molecule has 0 saturated heterocycles. The largest absolute Gasteiger partial charge is 0.446 e. The highest BCUT2D eigenvalue weighted by molar-refractivity contribution is 7.81. The maximum Gasteiger partial charge on any atom is 0.446 e. The van der Waals surface area contributed by atoms with E-state index in [0.29, 0.717) is 30.0 Å². The van der Waals surface area contributed by atoms with Crippen molar-refractivity contribution >= 4 is 37.9 Å². The standard InChI is InChI=1S/C10H16N2O2.C7H9NO4S.H2O4S/c11-9-1-3-10(4-2-9)12(5-7-13)6-8-14;1-5-2-3-6(8)4-7(5)12-13(9,10)11;1-5(2,3)4/h1-4,13-14H,5-8,11H2;2-4H,8H2,1H3,(H,9,10,11);(H2,1,2,3,4). The summed E-state index contributed by atoms with van der Waals surface area (Å²) in [5.41, 5.74) is 13.6. The topological polar surface area (TPSA) is 234 Å². The molecule has 0 bridgehead atoms. The lowest BCUT2D eigenvalue weighted by atomic mass is 10.2. The fourth-order valence-corrected chi connectivity index (χ4v) is 2.52. The monoisotopic (exact) mass is 497 g/mol. The van der Waals surface area contributed by atoms with Crippen molar-refractivity contribution in [2.24, 2.45) is 0 Å². The molecule has 0 aromatic heterocycles. The van der Waals surface area contributed by atoms with Crippen LogP contribution in [0.5, 0.6) is 5.75 Å². The van der Waals surface area contributed by atoms with Gasteiger partial charge in [0.1, 0.15) is 5.75 Å². The van der Waals surface area contributed by atoms with E-state index in [2.05, 4.69) is 4.18 Å². The molecule has 13 nitrogen and oxygen atoms in total. The zero-order valence-corrected chi connectivity index (χ0v) is 18.7. The summed E-state index contributed by atoms with van der Waals surface area (Å²) in [5, 5.41) is 17.7. The molecule has 2 aromatic carbocycles. The number of rotatable bonds is 7. The van der Waals surface area contributed by atoms with Gasteiger partial charge in [0.05, 0.1) is 13.2 Å². The number of nitrogens with two attached hydrogens (primary N) is 2. The van der Waals surface area contributed by atoms with Crippen molar-refractivity contribution in [3.05, 3.63) is 48.0 Å². The summed E-state index contributed by atoms with van der Waals surface area (Å²) in [6, 6.07) is 11.9. The molecule has 0 saturated carbocycles. The van der Waals surface area contributed by atoms with Gasteiger partial charge >= 0.3 is 20.8 Å². The Morgan fingerprint density at radius 3 is 1.69 bits per heavy atom. The number of aryl methyl sites for hydroxylation is 1. The normalized spacial score (nSPS) is 10.8. The number of nitrogen functional groups attached to an aromatic ring is 2. The van der Waals surface area contributed by atoms with E-state index in [0.717, 1.165) is 5.69 Å². The zero-order chi connectivity index (χ0) is 24.9. The Bertz CT molecular complexity index is 1020. The van der Waals surface area contributed by atoms with Crippen LogP contribution in [0.15, 0.2) is 42.5 Å². The smallest absolute Gasteiger partial charge is 0.399 e. The molecule has 0 spiro atoms. The van der Waals surface area contributed by atoms with Gasteiger partial charge in [-0.2, -0.15) is 16.8 Å². The van der Waals surface area contributed by atoms with Crippen LogP contribution in [0.3, 0.4) is 0 Å². The predicted octanol–water partition coefficient (Wildman–Crippen LogP) is 0.166. The highest BCUT2D eigenvalue weighted by atomic mass is 32.3. The number of hydrogen-bond acceptors (Lipinski definition) is 10. The molecule has 0 aliphatic carbocycles. The van der Waals surface area contributed by atoms with Crippen molar-refractivity contribution < 1.29 is 44.9 Å². The van der Waals surface area contributed by atoms with E-state index in [4.69, 9.17) is 43.8 Å². The summed E-state index contributed by atoms with van der Waals surface area (Å²) in [5.74, 6) is 0.0301. The third-order valence-electron chi connectivity index (χ3n) is 3.41. The highest BCUT2D eigenvalue weighted by Gasteiger charge is 2.09. The minimum atomic E-state index is -4.67. The van der Waals surface area contributed by atoms with Gasteiger partial charge in [-0.3, -0.25) is 13.7 Å². The summed E-state index contributed by atoms with van der Waals surface area (Å²) in [4.78, 5) is 1.90. The zero-order valence-electron chi connectivity index (χ0n) is 17.1. The molecule has 0 radical (unpaired) electrons. The van der Waals surface area contributed by atoms with Crippen LogP contribution in [0.25, 0.3) is 0 Å². The van der Waals surface area contributed by atoms with Crippen molar-refractivity contribution in [3.8, 4) is 5.75 Å². The number of aliphatic hydroxyl groups is 2. The van der Waals surface area contributed by atoms with E-state index in [9.17, 15) is 8.42 Å². The maximum absolute atomic E-state index is 10.4. The summed E-state index contributed by atoms with van der Waals surface area (Å²) < 4.78 is 65.0. The van der Waals surface area contributed by atoms with Crippen LogP contribution in [0.4, 0.5) is 17.1 Å². The van der Waals surface area contributed by atoms with Crippen molar-refractivity contribution in [3.63, 3.8) is 0 Å². The van der Waals surface area contributed by atoms with Crippen LogP contribution in [-0.2, 0) is 20.8 Å². The molecule has 0 atom stereocenters. The minimum absolute atomic E-state index is 0.0301. The van der Waals surface area contributed by atoms with E-state index >= 15 is 0 Å². The molecule has 9 N–H and O–H groups in total. The molecule has 0 heterocycles. The second kappa shape index (κ2) is 13.7. The molecule has 0 unspecified atom stereocenters. The first-order valence-corrected chi connectivity index (χ1v) is 11.5. The Balaban J connectivity index is 0.000000499. The Hall–Kier alpha value is -2.66. The Morgan fingerprint density at radius 1 is 0.844 bits per heavy atom. The first-order chi connectivity index (χ1) is 14.7. The lowest BCUT2D eigenvalue weighted by molar-refractivity contribution is 0.281. The molecular formula is C17H27N3O10S2. The quantitative estimate of drug-likeness (QED) is 0.200. The number of benzene rings is 2. The average molecular weight is 498 g/mol. The van der Waals surface area contributed by atoms with Gasteiger partial charge in [-0.25, -0.2) is 0 Å². The van der Waals surface area contributed by atoms with E-state index in [1.165, 1.54) is 6.07 Å². The fourth-order valence-electron chi connectivity index (χ4n) is 2.12. The van der Waals surface area contributed by atoms with Crippen molar-refractivity contribution in [1.29, 1.82) is 0 Å². The Kier molecular flexibility index (Phi) is 12.5. The van der Waals surface area contributed by atoms with Gasteiger partial charge in [0.2, 0.25) is 0 Å². The first kappa shape index (κ1) is 29.3. The second-order valence-electron chi connectivity index (χ2n) is 6.01. The number of nitrogens with zero attached hydrogens (tertiary/aromatic N) is 1. The van der Waals surface area contributed by atoms with Crippen molar-refractivity contribution in [2.45, 2.75) is 6.92 Å². The van der Waals surface area contributed by atoms with Crippen molar-refractivity contribution in [1.82, 2.24) is 0 Å². The van der Waals surface area contributed by atoms with Gasteiger partial charge in [-0.1, -0.05) is 6.07 Å². The van der Waals surface area contributed by atoms with E-state index in [1.54, 1.807) is 31.2 Å². The molecule has 0 fully saturated rings. The van der Waals surface area contributed by atoms with Crippen molar-refractivity contribution in [2.75, 3.05) is 42.7 Å². The van der Waals surface area contributed by atoms with Crippen LogP contribution in [0.2, 0.25) is 0 Å². The Morgan fingerprint density at radius 2 is 1.28 bits per heavy atom. The minimum Gasteiger partial charge on any atom is -0.399 e. The lowest BCUT2D eigenvalue weighted by Crippen LogP contribution is -2.29. The van der Waals surface area contributed by atoms with Crippen LogP contribution in [0, 0.1) is 6.92 Å². The number of aliphatic hydroxyl groups excluding tert-OH is 2. The van der Waals surface area contributed by atoms with Crippen LogP contribution in [0.1, 0.15) is 5.56 Å². The summed E-state index contributed by atoms with van der Waals surface area (Å²) in [6.07, 6.45) is 0. The van der Waals surface area contributed by atoms with Gasteiger partial charge in [-0.05, 0) is 42.8 Å². The SMILES string of the molecule is Cc1ccc(N)cc1OS(=O)(=O)O.Nc1ccc(N(CCO)CCO)cc1.O=S(=O)(O)O. The molecule has 0 aliphatic rings. The summed E-state index contributed by atoms with van der Waals surface area (Å²) in [6.45, 7) is 2.82. The number of hydrogen-bond donors (Lipinski definition) is 7. The van der Waals surface area contributed by atoms with Gasteiger partial charge in [0, 0.05) is 36.2 Å². The maximum atomic E-state index is 10.4.